The molecule has 0 aromatic carbocycles. The number of epoxide rings is 1. The molecule has 5 rings (SSSR count). The number of fused-ring (bicyclic) bond motifs is 5. The molecule has 1 unspecified atom stereocenters. The van der Waals surface area contributed by atoms with Gasteiger partial charge in [-0.2, -0.15) is 0 Å². The first-order valence-electron chi connectivity index (χ1n) is 18.3. The molecule has 0 radical (unpaired) electrons. The lowest BCUT2D eigenvalue weighted by atomic mass is 9.46. The Balaban J connectivity index is 1.41. The van der Waals surface area contributed by atoms with Crippen molar-refractivity contribution in [1.82, 2.24) is 0 Å². The maximum atomic E-state index is 7.57. The zero-order valence-corrected chi connectivity index (χ0v) is 33.5. The SMILES string of the molecule is CC(OC[C@H]1OC1(C)C)[C@H]1CC[C@H]2[C@@H]3CC=C4C[C@@H](O[Si](C)(C)C(C)(C)C)C[C@H](O[Si](C)(C)C(C)(C)C)[C@]4(C)[C@H]3CC[C@]12C. The zero-order chi connectivity index (χ0) is 32.9. The minimum Gasteiger partial charge on any atom is -0.414 e. The molecule has 254 valence electrons. The van der Waals surface area contributed by atoms with E-state index in [0.717, 1.165) is 31.3 Å². The number of allylic oxidation sites excluding steroid dienone is 1. The molecular weight excluding hydrogens is 577 g/mol. The molecule has 3 saturated carbocycles. The van der Waals surface area contributed by atoms with Crippen LogP contribution in [0.3, 0.4) is 0 Å². The molecule has 4 fully saturated rings. The van der Waals surface area contributed by atoms with E-state index in [1.54, 1.807) is 5.57 Å². The maximum Gasteiger partial charge on any atom is 0.192 e. The quantitative estimate of drug-likeness (QED) is 0.149. The molecule has 1 aliphatic heterocycles. The van der Waals surface area contributed by atoms with Gasteiger partial charge in [-0.3, -0.25) is 0 Å². The van der Waals surface area contributed by atoms with Crippen molar-refractivity contribution in [3.8, 4) is 0 Å². The Morgan fingerprint density at radius 1 is 0.886 bits per heavy atom. The largest absolute Gasteiger partial charge is 0.414 e. The standard InChI is InChI=1S/C38H70O4Si2/c1-25(39-24-33-36(8,9)40-33)29-18-19-30-28-17-16-26-22-27(41-43(12,13)34(2,3)4)23-32(42-44(14,15)35(5,6)7)38(26,11)31(28)20-21-37(29,30)10/h16,25,27-33H,17-24H2,1-15H3/t25?,27-,28+,29-,30+,31+,32+,33-,37-,38+/m1/s1. The first-order valence-corrected chi connectivity index (χ1v) is 24.1. The van der Waals surface area contributed by atoms with Crippen LogP contribution in [0.1, 0.15) is 121 Å². The van der Waals surface area contributed by atoms with Crippen molar-refractivity contribution in [3.63, 3.8) is 0 Å². The van der Waals surface area contributed by atoms with Gasteiger partial charge in [-0.1, -0.05) is 67.0 Å². The van der Waals surface area contributed by atoms with Crippen molar-refractivity contribution in [2.45, 2.75) is 187 Å². The van der Waals surface area contributed by atoms with Gasteiger partial charge in [0.15, 0.2) is 16.6 Å². The summed E-state index contributed by atoms with van der Waals surface area (Å²) in [5, 5.41) is 0.403. The van der Waals surface area contributed by atoms with E-state index in [-0.39, 0.29) is 39.4 Å². The molecule has 0 aromatic heterocycles. The summed E-state index contributed by atoms with van der Waals surface area (Å²) in [5.41, 5.74) is 2.13. The van der Waals surface area contributed by atoms with Gasteiger partial charge in [0.25, 0.3) is 0 Å². The molecule has 0 spiro atoms. The van der Waals surface area contributed by atoms with Crippen molar-refractivity contribution in [3.05, 3.63) is 11.6 Å². The van der Waals surface area contributed by atoms with Crippen LogP contribution in [0.15, 0.2) is 11.6 Å². The Morgan fingerprint density at radius 3 is 2.05 bits per heavy atom. The molecule has 0 bridgehead atoms. The Bertz CT molecular complexity index is 1100. The number of hydrogen-bond donors (Lipinski definition) is 0. The predicted molar refractivity (Wildman–Crippen MR) is 189 cm³/mol. The van der Waals surface area contributed by atoms with Crippen LogP contribution in [0.2, 0.25) is 36.3 Å². The Hall–Kier alpha value is 0.0138. The minimum absolute atomic E-state index is 0.000764. The van der Waals surface area contributed by atoms with Crippen LogP contribution in [0.25, 0.3) is 0 Å². The molecule has 6 heteroatoms. The molecule has 0 N–H and O–H groups in total. The van der Waals surface area contributed by atoms with Crippen molar-refractivity contribution in [2.75, 3.05) is 6.61 Å². The van der Waals surface area contributed by atoms with E-state index in [1.807, 2.05) is 0 Å². The number of rotatable bonds is 8. The van der Waals surface area contributed by atoms with Crippen molar-refractivity contribution in [2.24, 2.45) is 34.5 Å². The second-order valence-electron chi connectivity index (χ2n) is 19.9. The molecule has 1 saturated heterocycles. The van der Waals surface area contributed by atoms with Crippen molar-refractivity contribution in [1.29, 1.82) is 0 Å². The fraction of sp³-hybridized carbons (Fsp3) is 0.947. The van der Waals surface area contributed by atoms with Crippen LogP contribution in [0.4, 0.5) is 0 Å². The van der Waals surface area contributed by atoms with E-state index in [4.69, 9.17) is 18.3 Å². The van der Waals surface area contributed by atoms with E-state index < -0.39 is 16.6 Å². The van der Waals surface area contributed by atoms with Crippen LogP contribution in [0.5, 0.6) is 0 Å². The van der Waals surface area contributed by atoms with Crippen molar-refractivity contribution >= 4 is 16.6 Å². The molecule has 44 heavy (non-hydrogen) atoms. The Kier molecular flexibility index (Phi) is 9.06. The summed E-state index contributed by atoms with van der Waals surface area (Å²) in [4.78, 5) is 0. The zero-order valence-electron chi connectivity index (χ0n) is 31.5. The highest BCUT2D eigenvalue weighted by atomic mass is 28.4. The molecule has 10 atom stereocenters. The monoisotopic (exact) mass is 646 g/mol. The molecule has 4 nitrogen and oxygen atoms in total. The topological polar surface area (TPSA) is 40.2 Å². The van der Waals surface area contributed by atoms with Gasteiger partial charge in [-0.05, 0) is 131 Å². The van der Waals surface area contributed by atoms with Gasteiger partial charge in [0.05, 0.1) is 30.5 Å². The molecule has 0 aromatic rings. The minimum atomic E-state index is -1.99. The lowest BCUT2D eigenvalue weighted by Gasteiger charge is -2.62. The summed E-state index contributed by atoms with van der Waals surface area (Å²) in [6.45, 7) is 36.8. The summed E-state index contributed by atoms with van der Waals surface area (Å²) < 4.78 is 27.2. The van der Waals surface area contributed by atoms with Gasteiger partial charge in [0.2, 0.25) is 0 Å². The third-order valence-corrected chi connectivity index (χ3v) is 24.0. The number of hydrogen-bond acceptors (Lipinski definition) is 4. The maximum absolute atomic E-state index is 7.57. The molecule has 5 aliphatic rings. The average Bonchev–Trinajstić information content (AvgIpc) is 3.32. The first-order chi connectivity index (χ1) is 19.9. The Labute approximate surface area is 274 Å². The lowest BCUT2D eigenvalue weighted by Crippen LogP contribution is -2.60. The van der Waals surface area contributed by atoms with Gasteiger partial charge < -0.3 is 18.3 Å². The first kappa shape index (κ1) is 35.3. The second-order valence-corrected chi connectivity index (χ2v) is 29.4. The van der Waals surface area contributed by atoms with Gasteiger partial charge in [-0.25, -0.2) is 0 Å². The van der Waals surface area contributed by atoms with Crippen molar-refractivity contribution < 1.29 is 18.3 Å². The van der Waals surface area contributed by atoms with E-state index in [0.29, 0.717) is 23.4 Å². The smallest absolute Gasteiger partial charge is 0.192 e. The molecule has 4 aliphatic carbocycles. The molecule has 1 heterocycles. The summed E-state index contributed by atoms with van der Waals surface area (Å²) in [7, 11) is -3.87. The normalized spacial score (nSPS) is 41.3. The van der Waals surface area contributed by atoms with Gasteiger partial charge in [0, 0.05) is 5.41 Å². The third kappa shape index (κ3) is 6.06. The fourth-order valence-corrected chi connectivity index (χ4v) is 12.6. The highest BCUT2D eigenvalue weighted by Gasteiger charge is 2.63. The summed E-state index contributed by atoms with van der Waals surface area (Å²) in [6.07, 6.45) is 12.4. The van der Waals surface area contributed by atoms with Crippen LogP contribution in [-0.2, 0) is 18.3 Å². The van der Waals surface area contributed by atoms with E-state index in [9.17, 15) is 0 Å². The van der Waals surface area contributed by atoms with Crippen LogP contribution in [0, 0.1) is 34.5 Å². The highest BCUT2D eigenvalue weighted by molar-refractivity contribution is 6.74. The van der Waals surface area contributed by atoms with Gasteiger partial charge in [-0.15, -0.1) is 0 Å². The summed E-state index contributed by atoms with van der Waals surface area (Å²) in [5.74, 6) is 2.85. The van der Waals surface area contributed by atoms with E-state index in [1.165, 1.54) is 32.1 Å². The molecule has 0 amide bonds. The molecular formula is C38H70O4Si2. The van der Waals surface area contributed by atoms with E-state index in [2.05, 4.69) is 108 Å². The summed E-state index contributed by atoms with van der Waals surface area (Å²) in [6, 6.07) is 0. The highest BCUT2D eigenvalue weighted by Crippen LogP contribution is 2.67. The van der Waals surface area contributed by atoms with Crippen LogP contribution >= 0.6 is 0 Å². The van der Waals surface area contributed by atoms with E-state index >= 15 is 0 Å². The summed E-state index contributed by atoms with van der Waals surface area (Å²) >= 11 is 0. The Morgan fingerprint density at radius 2 is 1.48 bits per heavy atom. The van der Waals surface area contributed by atoms with Crippen LogP contribution < -0.4 is 0 Å². The second kappa shape index (κ2) is 11.3. The fourth-order valence-electron chi connectivity index (χ4n) is 9.78. The predicted octanol–water partition coefficient (Wildman–Crippen LogP) is 10.5. The average molecular weight is 647 g/mol. The van der Waals surface area contributed by atoms with Gasteiger partial charge >= 0.3 is 0 Å². The third-order valence-electron chi connectivity index (χ3n) is 15.0. The lowest BCUT2D eigenvalue weighted by molar-refractivity contribution is -0.111. The van der Waals surface area contributed by atoms with Crippen LogP contribution in [-0.4, -0.2) is 53.3 Å². The van der Waals surface area contributed by atoms with Gasteiger partial charge in [0.1, 0.15) is 6.10 Å². The number of ether oxygens (including phenoxy) is 2.